The van der Waals surface area contributed by atoms with Crippen molar-refractivity contribution >= 4 is 50.6 Å². The number of benzene rings is 2. The summed E-state index contributed by atoms with van der Waals surface area (Å²) < 4.78 is 68.7. The highest BCUT2D eigenvalue weighted by atomic mass is 35.5. The molecular weight excluding hydrogens is 604 g/mol. The fourth-order valence-corrected chi connectivity index (χ4v) is 7.78. The monoisotopic (exact) mass is 626 g/mol. The average Bonchev–Trinajstić information content (AvgIpc) is 3.34. The summed E-state index contributed by atoms with van der Waals surface area (Å²) in [5.74, 6) is -2.19. The summed E-state index contributed by atoms with van der Waals surface area (Å²) in [4.78, 5) is 19.7. The maximum Gasteiger partial charge on any atom is 0.347 e. The Morgan fingerprint density at radius 2 is 1.80 bits per heavy atom. The summed E-state index contributed by atoms with van der Waals surface area (Å²) >= 11 is 6.62. The standard InChI is InChI=1S/C25H22ClFN3O7PS2/c26-6-10-36-22-15-23-19(13-21(22)37-11-9-30-7-2-1-3-8-30)14-24(39-23)40(34,35)29-25(38(31,32)33)17-4-5-18(16-28)20(27)12-17/h1-5,7-8,12-15,25,29H,6,9-11H2,(H-,31,32,33)/p+1. The van der Waals surface area contributed by atoms with Gasteiger partial charge in [0.05, 0.1) is 11.4 Å². The van der Waals surface area contributed by atoms with Crippen LogP contribution in [-0.4, -0.2) is 37.3 Å². The van der Waals surface area contributed by atoms with Crippen LogP contribution in [0.2, 0.25) is 0 Å². The number of hydrogen-bond acceptors (Lipinski definition) is 7. The minimum atomic E-state index is -5.15. The van der Waals surface area contributed by atoms with Gasteiger partial charge in [-0.25, -0.2) is 17.4 Å². The molecule has 0 bridgehead atoms. The number of ether oxygens (including phenoxy) is 2. The molecule has 2 aromatic heterocycles. The van der Waals surface area contributed by atoms with Crippen molar-refractivity contribution in [3.63, 3.8) is 0 Å². The molecule has 0 aliphatic heterocycles. The van der Waals surface area contributed by atoms with Crippen LogP contribution in [0.25, 0.3) is 10.1 Å². The van der Waals surface area contributed by atoms with Gasteiger partial charge in [-0.1, -0.05) is 12.1 Å². The lowest BCUT2D eigenvalue weighted by Gasteiger charge is -2.20. The minimum Gasteiger partial charge on any atom is -0.488 e. The molecule has 0 aliphatic carbocycles. The molecular formula is C25H23ClFN3O7PS2+. The van der Waals surface area contributed by atoms with Crippen LogP contribution in [0.15, 0.2) is 71.2 Å². The van der Waals surface area contributed by atoms with Crippen LogP contribution in [0.1, 0.15) is 16.9 Å². The Morgan fingerprint density at radius 3 is 2.45 bits per heavy atom. The maximum atomic E-state index is 14.2. The van der Waals surface area contributed by atoms with Gasteiger partial charge in [-0.2, -0.15) is 9.98 Å². The Hall–Kier alpha value is -3.08. The summed E-state index contributed by atoms with van der Waals surface area (Å²) in [7, 11) is -9.64. The molecule has 10 nitrogen and oxygen atoms in total. The molecule has 210 valence electrons. The van der Waals surface area contributed by atoms with Gasteiger partial charge in [0.15, 0.2) is 30.4 Å². The van der Waals surface area contributed by atoms with Crippen LogP contribution < -0.4 is 18.8 Å². The molecule has 15 heteroatoms. The van der Waals surface area contributed by atoms with Crippen molar-refractivity contribution in [2.45, 2.75) is 16.5 Å². The van der Waals surface area contributed by atoms with Crippen LogP contribution in [0.3, 0.4) is 0 Å². The Balaban J connectivity index is 1.64. The van der Waals surface area contributed by atoms with Crippen molar-refractivity contribution in [3.8, 4) is 17.6 Å². The van der Waals surface area contributed by atoms with Crippen LogP contribution in [0.4, 0.5) is 4.39 Å². The second-order valence-electron chi connectivity index (χ2n) is 8.37. The summed E-state index contributed by atoms with van der Waals surface area (Å²) in [6, 6.07) is 14.6. The number of fused-ring (bicyclic) bond motifs is 1. The predicted octanol–water partition coefficient (Wildman–Crippen LogP) is 4.05. The quantitative estimate of drug-likeness (QED) is 0.121. The van der Waals surface area contributed by atoms with Gasteiger partial charge in [0.25, 0.3) is 10.0 Å². The van der Waals surface area contributed by atoms with Gasteiger partial charge < -0.3 is 19.3 Å². The molecule has 3 N–H and O–H groups in total. The Bertz CT molecular complexity index is 1710. The molecule has 4 rings (SSSR count). The second kappa shape index (κ2) is 12.6. The fraction of sp³-hybridized carbons (Fsp3) is 0.200. The molecule has 0 saturated heterocycles. The highest BCUT2D eigenvalue weighted by Crippen LogP contribution is 2.51. The van der Waals surface area contributed by atoms with Gasteiger partial charge in [-0.3, -0.25) is 4.57 Å². The predicted molar refractivity (Wildman–Crippen MR) is 146 cm³/mol. The summed E-state index contributed by atoms with van der Waals surface area (Å²) in [6.45, 7) is 1.01. The van der Waals surface area contributed by atoms with Crippen molar-refractivity contribution in [1.29, 1.82) is 5.26 Å². The number of halogens is 2. The maximum absolute atomic E-state index is 14.2. The highest BCUT2D eigenvalue weighted by Gasteiger charge is 2.36. The van der Waals surface area contributed by atoms with E-state index in [1.807, 2.05) is 39.9 Å². The van der Waals surface area contributed by atoms with E-state index < -0.39 is 29.2 Å². The van der Waals surface area contributed by atoms with Crippen molar-refractivity contribution < 1.29 is 41.2 Å². The number of pyridine rings is 1. The summed E-state index contributed by atoms with van der Waals surface area (Å²) in [6.07, 6.45) is 3.77. The van der Waals surface area contributed by atoms with Crippen molar-refractivity contribution in [2.24, 2.45) is 0 Å². The number of aromatic nitrogens is 1. The molecule has 2 aromatic carbocycles. The third-order valence-corrected chi connectivity index (χ3v) is 10.00. The minimum absolute atomic E-state index is 0.181. The van der Waals surface area contributed by atoms with E-state index in [-0.39, 0.29) is 27.8 Å². The van der Waals surface area contributed by atoms with E-state index in [9.17, 15) is 27.2 Å². The van der Waals surface area contributed by atoms with Crippen molar-refractivity contribution in [1.82, 2.24) is 4.72 Å². The van der Waals surface area contributed by atoms with Crippen LogP contribution in [-0.2, 0) is 21.1 Å². The van der Waals surface area contributed by atoms with Gasteiger partial charge >= 0.3 is 7.60 Å². The normalized spacial score (nSPS) is 12.7. The van der Waals surface area contributed by atoms with Crippen molar-refractivity contribution in [3.05, 3.63) is 83.9 Å². The van der Waals surface area contributed by atoms with E-state index in [4.69, 9.17) is 26.3 Å². The number of rotatable bonds is 12. The van der Waals surface area contributed by atoms with Gasteiger partial charge in [-0.15, -0.1) is 22.9 Å². The molecule has 0 amide bonds. The molecule has 2 heterocycles. The lowest BCUT2D eigenvalue weighted by Crippen LogP contribution is -2.35. The molecule has 1 unspecified atom stereocenters. The SMILES string of the molecule is N#Cc1ccc(C(NS(=O)(=O)c2cc3cc(OCC[n+]4ccccc4)c(OCCCl)cc3s2)P(=O)(O)O)cc1F. The Morgan fingerprint density at radius 1 is 1.10 bits per heavy atom. The highest BCUT2D eigenvalue weighted by molar-refractivity contribution is 7.92. The lowest BCUT2D eigenvalue weighted by molar-refractivity contribution is -0.697. The van der Waals surface area contributed by atoms with Crippen LogP contribution in [0.5, 0.6) is 11.5 Å². The first-order chi connectivity index (χ1) is 19.0. The Kier molecular flexibility index (Phi) is 9.43. The molecule has 40 heavy (non-hydrogen) atoms. The van der Waals surface area contributed by atoms with E-state index in [0.717, 1.165) is 23.5 Å². The van der Waals surface area contributed by atoms with E-state index in [1.54, 1.807) is 18.2 Å². The average molecular weight is 627 g/mol. The summed E-state index contributed by atoms with van der Waals surface area (Å²) in [5.41, 5.74) is -0.689. The number of alkyl halides is 1. The van der Waals surface area contributed by atoms with E-state index in [2.05, 4.69) is 0 Å². The molecule has 4 aromatic rings. The number of sulfonamides is 1. The van der Waals surface area contributed by atoms with Gasteiger partial charge in [-0.05, 0) is 35.2 Å². The fourth-order valence-electron chi connectivity index (χ4n) is 3.70. The van der Waals surface area contributed by atoms with Gasteiger partial charge in [0.1, 0.15) is 35.1 Å². The largest absolute Gasteiger partial charge is 0.488 e. The zero-order chi connectivity index (χ0) is 28.9. The number of thiophene rings is 1. The van der Waals surface area contributed by atoms with Gasteiger partial charge in [0, 0.05) is 22.9 Å². The molecule has 0 spiro atoms. The molecule has 0 radical (unpaired) electrons. The Labute approximate surface area is 238 Å². The van der Waals surface area contributed by atoms with Gasteiger partial charge in [0.2, 0.25) is 0 Å². The van der Waals surface area contributed by atoms with Crippen LogP contribution >= 0.6 is 30.5 Å². The number of nitrogens with one attached hydrogen (secondary N) is 1. The smallest absolute Gasteiger partial charge is 0.347 e. The first-order valence-electron chi connectivity index (χ1n) is 11.6. The topological polar surface area (TPSA) is 150 Å². The molecule has 0 fully saturated rings. The van der Waals surface area contributed by atoms with Crippen LogP contribution in [0, 0.1) is 17.1 Å². The third kappa shape index (κ3) is 7.16. The second-order valence-corrected chi connectivity index (χ2v) is 13.5. The molecule has 1 atom stereocenters. The number of nitriles is 1. The third-order valence-electron chi connectivity index (χ3n) is 5.58. The zero-order valence-corrected chi connectivity index (χ0v) is 23.9. The number of hydrogen-bond donors (Lipinski definition) is 3. The lowest BCUT2D eigenvalue weighted by atomic mass is 10.1. The first-order valence-corrected chi connectivity index (χ1v) is 16.1. The molecule has 0 saturated carbocycles. The van der Waals surface area contributed by atoms with E-state index >= 15 is 0 Å². The first kappa shape index (κ1) is 29.9. The van der Waals surface area contributed by atoms with Crippen molar-refractivity contribution in [2.75, 3.05) is 19.1 Å². The van der Waals surface area contributed by atoms with E-state index in [0.29, 0.717) is 40.8 Å². The zero-order valence-electron chi connectivity index (χ0n) is 20.6. The number of nitrogens with zero attached hydrogens (tertiary/aromatic N) is 2. The molecule has 0 aliphatic rings. The summed E-state index contributed by atoms with van der Waals surface area (Å²) in [5, 5.41) is 9.41. The van der Waals surface area contributed by atoms with E-state index in [1.165, 1.54) is 6.07 Å².